The minimum atomic E-state index is 0.465. The van der Waals surface area contributed by atoms with Crippen molar-refractivity contribution >= 4 is 6.47 Å². The molecule has 1 unspecified atom stereocenters. The van der Waals surface area contributed by atoms with E-state index in [-0.39, 0.29) is 0 Å². The molecule has 0 amide bonds. The summed E-state index contributed by atoms with van der Waals surface area (Å²) in [6.45, 7) is 6.99. The molecule has 1 atom stereocenters. The molecule has 0 N–H and O–H groups in total. The molecule has 1 aliphatic rings. The summed E-state index contributed by atoms with van der Waals surface area (Å²) in [4.78, 5) is 9.96. The van der Waals surface area contributed by atoms with Crippen molar-refractivity contribution in [2.24, 2.45) is 5.92 Å². The standard InChI is InChI=1S/C11H16O2/c1-9(2)11-5-3-10(4-6-11)7-13-8-12/h3,8,11H,1,4-7H2,2H3. The fourth-order valence-corrected chi connectivity index (χ4v) is 1.61. The molecule has 0 fully saturated rings. The third-order valence-electron chi connectivity index (χ3n) is 2.54. The van der Waals surface area contributed by atoms with Crippen LogP contribution in [0, 0.1) is 5.92 Å². The molecule has 72 valence electrons. The van der Waals surface area contributed by atoms with Gasteiger partial charge in [0.2, 0.25) is 0 Å². The van der Waals surface area contributed by atoms with Gasteiger partial charge < -0.3 is 4.74 Å². The van der Waals surface area contributed by atoms with E-state index in [0.717, 1.165) is 19.3 Å². The highest BCUT2D eigenvalue weighted by molar-refractivity contribution is 5.37. The second-order valence-electron chi connectivity index (χ2n) is 3.59. The number of hydrogen-bond acceptors (Lipinski definition) is 2. The van der Waals surface area contributed by atoms with Crippen LogP contribution < -0.4 is 0 Å². The Kier molecular flexibility index (Phi) is 3.74. The summed E-state index contributed by atoms with van der Waals surface area (Å²) in [5.41, 5.74) is 2.50. The van der Waals surface area contributed by atoms with E-state index in [1.165, 1.54) is 11.1 Å². The molecule has 0 aromatic rings. The average molecular weight is 180 g/mol. The average Bonchev–Trinajstić information content (AvgIpc) is 2.15. The maximum absolute atomic E-state index is 9.96. The fraction of sp³-hybridized carbons (Fsp3) is 0.545. The van der Waals surface area contributed by atoms with Gasteiger partial charge in [-0.2, -0.15) is 0 Å². The molecule has 1 aliphatic carbocycles. The lowest BCUT2D eigenvalue weighted by Gasteiger charge is -2.21. The summed E-state index contributed by atoms with van der Waals surface area (Å²) in [5, 5.41) is 0. The van der Waals surface area contributed by atoms with Crippen LogP contribution >= 0.6 is 0 Å². The third-order valence-corrected chi connectivity index (χ3v) is 2.54. The minimum Gasteiger partial charge on any atom is -0.463 e. The Labute approximate surface area is 79.3 Å². The Bertz CT molecular complexity index is 228. The van der Waals surface area contributed by atoms with E-state index in [9.17, 15) is 4.79 Å². The fourth-order valence-electron chi connectivity index (χ4n) is 1.61. The highest BCUT2D eigenvalue weighted by Crippen LogP contribution is 2.27. The van der Waals surface area contributed by atoms with Crippen molar-refractivity contribution in [2.75, 3.05) is 6.61 Å². The predicted octanol–water partition coefficient (Wildman–Crippen LogP) is 2.46. The van der Waals surface area contributed by atoms with Crippen molar-refractivity contribution < 1.29 is 9.53 Å². The zero-order valence-corrected chi connectivity index (χ0v) is 8.08. The Morgan fingerprint density at radius 2 is 2.62 bits per heavy atom. The van der Waals surface area contributed by atoms with Crippen molar-refractivity contribution in [3.05, 3.63) is 23.8 Å². The molecule has 0 aliphatic heterocycles. The van der Waals surface area contributed by atoms with E-state index >= 15 is 0 Å². The number of carbonyl (C=O) groups is 1. The smallest absolute Gasteiger partial charge is 0.293 e. The maximum Gasteiger partial charge on any atom is 0.293 e. The molecule has 0 saturated heterocycles. The van der Waals surface area contributed by atoms with Crippen LogP contribution in [0.25, 0.3) is 0 Å². The van der Waals surface area contributed by atoms with Crippen LogP contribution in [-0.2, 0) is 9.53 Å². The first-order chi connectivity index (χ1) is 6.24. The number of hydrogen-bond donors (Lipinski definition) is 0. The summed E-state index contributed by atoms with van der Waals surface area (Å²) in [6.07, 6.45) is 5.40. The highest BCUT2D eigenvalue weighted by atomic mass is 16.5. The van der Waals surface area contributed by atoms with Crippen molar-refractivity contribution in [1.82, 2.24) is 0 Å². The topological polar surface area (TPSA) is 26.3 Å². The molecular weight excluding hydrogens is 164 g/mol. The van der Waals surface area contributed by atoms with Gasteiger partial charge in [0.15, 0.2) is 0 Å². The van der Waals surface area contributed by atoms with Gasteiger partial charge in [0.25, 0.3) is 6.47 Å². The largest absolute Gasteiger partial charge is 0.463 e. The first-order valence-electron chi connectivity index (χ1n) is 4.62. The van der Waals surface area contributed by atoms with Crippen LogP contribution in [0.15, 0.2) is 23.8 Å². The van der Waals surface area contributed by atoms with Gasteiger partial charge in [0.05, 0.1) is 0 Å². The molecule has 2 heteroatoms. The van der Waals surface area contributed by atoms with E-state index in [4.69, 9.17) is 4.74 Å². The Morgan fingerprint density at radius 3 is 3.08 bits per heavy atom. The van der Waals surface area contributed by atoms with Crippen molar-refractivity contribution in [3.63, 3.8) is 0 Å². The van der Waals surface area contributed by atoms with Crippen molar-refractivity contribution in [3.8, 4) is 0 Å². The van der Waals surface area contributed by atoms with Gasteiger partial charge in [-0.15, -0.1) is 0 Å². The molecule has 0 radical (unpaired) electrons. The molecule has 0 saturated carbocycles. The molecule has 0 bridgehead atoms. The third kappa shape index (κ3) is 3.05. The molecule has 0 aromatic heterocycles. The minimum absolute atomic E-state index is 0.465. The van der Waals surface area contributed by atoms with Gasteiger partial charge in [-0.25, -0.2) is 0 Å². The zero-order valence-electron chi connectivity index (χ0n) is 8.08. The maximum atomic E-state index is 9.96. The van der Waals surface area contributed by atoms with Gasteiger partial charge in [0, 0.05) is 0 Å². The normalized spacial score (nSPS) is 21.9. The highest BCUT2D eigenvalue weighted by Gasteiger charge is 2.14. The molecule has 0 spiro atoms. The van der Waals surface area contributed by atoms with E-state index in [1.54, 1.807) is 0 Å². The predicted molar refractivity (Wildman–Crippen MR) is 52.3 cm³/mol. The van der Waals surface area contributed by atoms with Gasteiger partial charge in [-0.1, -0.05) is 18.2 Å². The lowest BCUT2D eigenvalue weighted by Crippen LogP contribution is -2.09. The van der Waals surface area contributed by atoms with E-state index in [0.29, 0.717) is 19.0 Å². The first kappa shape index (κ1) is 10.0. The Hall–Kier alpha value is -1.05. The van der Waals surface area contributed by atoms with Crippen LogP contribution in [0.2, 0.25) is 0 Å². The molecule has 1 rings (SSSR count). The zero-order chi connectivity index (χ0) is 9.68. The first-order valence-corrected chi connectivity index (χ1v) is 4.62. The second-order valence-corrected chi connectivity index (χ2v) is 3.59. The summed E-state index contributed by atoms with van der Waals surface area (Å²) < 4.78 is 4.70. The van der Waals surface area contributed by atoms with E-state index < -0.39 is 0 Å². The van der Waals surface area contributed by atoms with Gasteiger partial charge in [-0.05, 0) is 37.7 Å². The number of allylic oxidation sites excluding steroid dienone is 2. The molecular formula is C11H16O2. The number of carbonyl (C=O) groups excluding carboxylic acids is 1. The second kappa shape index (κ2) is 4.85. The van der Waals surface area contributed by atoms with Gasteiger partial charge >= 0.3 is 0 Å². The summed E-state index contributed by atoms with van der Waals surface area (Å²) >= 11 is 0. The van der Waals surface area contributed by atoms with Crippen LogP contribution in [0.1, 0.15) is 26.2 Å². The monoisotopic (exact) mass is 180 g/mol. The molecule has 0 heterocycles. The summed E-state index contributed by atoms with van der Waals surface area (Å²) in [6, 6.07) is 0. The Balaban J connectivity index is 2.38. The van der Waals surface area contributed by atoms with Crippen molar-refractivity contribution in [1.29, 1.82) is 0 Å². The van der Waals surface area contributed by atoms with E-state index in [2.05, 4.69) is 19.6 Å². The molecule has 2 nitrogen and oxygen atoms in total. The van der Waals surface area contributed by atoms with Gasteiger partial charge in [0.1, 0.15) is 6.61 Å². The lowest BCUT2D eigenvalue weighted by atomic mass is 9.86. The SMILES string of the molecule is C=C(C)C1CC=C(COC=O)CC1. The quantitative estimate of drug-likeness (QED) is 0.490. The number of rotatable bonds is 4. The van der Waals surface area contributed by atoms with Crippen molar-refractivity contribution in [2.45, 2.75) is 26.2 Å². The Morgan fingerprint density at radius 1 is 1.85 bits per heavy atom. The number of ether oxygens (including phenoxy) is 1. The van der Waals surface area contributed by atoms with Crippen LogP contribution in [-0.4, -0.2) is 13.1 Å². The van der Waals surface area contributed by atoms with E-state index in [1.807, 2.05) is 0 Å². The van der Waals surface area contributed by atoms with Gasteiger partial charge in [-0.3, -0.25) is 4.79 Å². The summed E-state index contributed by atoms with van der Waals surface area (Å²) in [5.74, 6) is 0.625. The molecule has 13 heavy (non-hydrogen) atoms. The molecule has 0 aromatic carbocycles. The van der Waals surface area contributed by atoms with Crippen LogP contribution in [0.4, 0.5) is 0 Å². The lowest BCUT2D eigenvalue weighted by molar-refractivity contribution is -0.127. The van der Waals surface area contributed by atoms with Crippen LogP contribution in [0.3, 0.4) is 0 Å². The summed E-state index contributed by atoms with van der Waals surface area (Å²) in [7, 11) is 0. The van der Waals surface area contributed by atoms with Crippen LogP contribution in [0.5, 0.6) is 0 Å².